The lowest BCUT2D eigenvalue weighted by molar-refractivity contribution is -0.575. The van der Waals surface area contributed by atoms with E-state index in [2.05, 4.69) is 0 Å². The lowest BCUT2D eigenvalue weighted by Crippen LogP contribution is -2.50. The molecule has 0 bridgehead atoms. The molecule has 0 amide bonds. The SMILES string of the molecule is NCC(N)(c1ccccc1)[N+](=O)[O-]. The molecule has 0 saturated carbocycles. The number of nitrogens with two attached hydrogens (primary N) is 2. The molecule has 4 N–H and O–H groups in total. The first kappa shape index (κ1) is 9.63. The summed E-state index contributed by atoms with van der Waals surface area (Å²) in [6.07, 6.45) is 0. The van der Waals surface area contributed by atoms with E-state index in [-0.39, 0.29) is 6.54 Å². The van der Waals surface area contributed by atoms with Gasteiger partial charge in [0.25, 0.3) is 0 Å². The smallest absolute Gasteiger partial charge is 0.310 e. The first-order valence-corrected chi connectivity index (χ1v) is 3.80. The van der Waals surface area contributed by atoms with Gasteiger partial charge in [-0.3, -0.25) is 15.8 Å². The molecule has 0 aliphatic rings. The normalized spacial score (nSPS) is 14.9. The molecule has 0 radical (unpaired) electrons. The summed E-state index contributed by atoms with van der Waals surface area (Å²) in [6.45, 7) is -0.218. The van der Waals surface area contributed by atoms with Crippen LogP contribution in [0.5, 0.6) is 0 Å². The fourth-order valence-corrected chi connectivity index (χ4v) is 1.02. The van der Waals surface area contributed by atoms with E-state index in [9.17, 15) is 10.1 Å². The number of hydrogen-bond donors (Lipinski definition) is 2. The summed E-state index contributed by atoms with van der Waals surface area (Å²) in [6, 6.07) is 8.33. The summed E-state index contributed by atoms with van der Waals surface area (Å²) in [4.78, 5) is 10.1. The van der Waals surface area contributed by atoms with Crippen molar-refractivity contribution < 1.29 is 4.92 Å². The van der Waals surface area contributed by atoms with Crippen molar-refractivity contribution >= 4 is 0 Å². The van der Waals surface area contributed by atoms with Gasteiger partial charge in [-0.2, -0.15) is 0 Å². The maximum Gasteiger partial charge on any atom is 0.310 e. The van der Waals surface area contributed by atoms with Crippen LogP contribution in [0.25, 0.3) is 0 Å². The van der Waals surface area contributed by atoms with Gasteiger partial charge in [0.15, 0.2) is 0 Å². The van der Waals surface area contributed by atoms with Crippen LogP contribution in [-0.2, 0) is 5.66 Å². The molecule has 1 rings (SSSR count). The molecule has 1 aromatic carbocycles. The zero-order chi connectivity index (χ0) is 9.90. The molecule has 5 heteroatoms. The van der Waals surface area contributed by atoms with Crippen molar-refractivity contribution in [2.45, 2.75) is 5.66 Å². The molecule has 1 unspecified atom stereocenters. The van der Waals surface area contributed by atoms with Crippen LogP contribution in [0.15, 0.2) is 30.3 Å². The second-order valence-corrected chi connectivity index (χ2v) is 2.75. The molecular weight excluding hydrogens is 170 g/mol. The van der Waals surface area contributed by atoms with Gasteiger partial charge in [0.2, 0.25) is 0 Å². The fraction of sp³-hybridized carbons (Fsp3) is 0.250. The number of nitrogens with zero attached hydrogens (tertiary/aromatic N) is 1. The molecule has 0 aliphatic heterocycles. The summed E-state index contributed by atoms with van der Waals surface area (Å²) in [5.74, 6) is 0. The third kappa shape index (κ3) is 1.66. The summed E-state index contributed by atoms with van der Waals surface area (Å²) in [5, 5.41) is 10.7. The maximum atomic E-state index is 10.7. The molecular formula is C8H11N3O2. The van der Waals surface area contributed by atoms with Crippen LogP contribution in [0.4, 0.5) is 0 Å². The van der Waals surface area contributed by atoms with Crippen molar-refractivity contribution in [1.29, 1.82) is 0 Å². The third-order valence-corrected chi connectivity index (χ3v) is 1.91. The topological polar surface area (TPSA) is 95.2 Å². The minimum absolute atomic E-state index is 0.218. The number of rotatable bonds is 3. The number of benzene rings is 1. The standard InChI is InChI=1S/C8H11N3O2/c9-6-8(10,11(12)13)7-4-2-1-3-5-7/h1-5H,6,9-10H2. The summed E-state index contributed by atoms with van der Waals surface area (Å²) < 4.78 is 0. The van der Waals surface area contributed by atoms with Crippen molar-refractivity contribution in [2.75, 3.05) is 6.54 Å². The molecule has 13 heavy (non-hydrogen) atoms. The van der Waals surface area contributed by atoms with E-state index < -0.39 is 10.6 Å². The number of nitro groups is 1. The minimum Gasteiger partial charge on any atom is -0.323 e. The molecule has 0 aliphatic carbocycles. The van der Waals surface area contributed by atoms with Crippen LogP contribution in [0.1, 0.15) is 5.56 Å². The van der Waals surface area contributed by atoms with Gasteiger partial charge in [0.1, 0.15) is 0 Å². The minimum atomic E-state index is -1.67. The maximum absolute atomic E-state index is 10.7. The van der Waals surface area contributed by atoms with Crippen LogP contribution < -0.4 is 11.5 Å². The van der Waals surface area contributed by atoms with Gasteiger partial charge in [-0.05, 0) is 0 Å². The van der Waals surface area contributed by atoms with Gasteiger partial charge < -0.3 is 5.73 Å². The largest absolute Gasteiger partial charge is 0.323 e. The quantitative estimate of drug-likeness (QED) is 0.390. The molecule has 0 spiro atoms. The zero-order valence-electron chi connectivity index (χ0n) is 7.01. The monoisotopic (exact) mass is 181 g/mol. The fourth-order valence-electron chi connectivity index (χ4n) is 1.02. The summed E-state index contributed by atoms with van der Waals surface area (Å²) >= 11 is 0. The lowest BCUT2D eigenvalue weighted by atomic mass is 10.0. The Labute approximate surface area is 75.5 Å². The van der Waals surface area contributed by atoms with Crippen LogP contribution >= 0.6 is 0 Å². The Bertz CT molecular complexity index is 302. The van der Waals surface area contributed by atoms with Crippen LogP contribution in [0, 0.1) is 10.1 Å². The Morgan fingerprint density at radius 2 is 1.92 bits per heavy atom. The molecule has 1 atom stereocenters. The van der Waals surface area contributed by atoms with E-state index in [4.69, 9.17) is 11.5 Å². The highest BCUT2D eigenvalue weighted by molar-refractivity contribution is 5.21. The Morgan fingerprint density at radius 3 is 2.31 bits per heavy atom. The second-order valence-electron chi connectivity index (χ2n) is 2.75. The highest BCUT2D eigenvalue weighted by Gasteiger charge is 2.38. The Morgan fingerprint density at radius 1 is 1.38 bits per heavy atom. The van der Waals surface area contributed by atoms with Crippen LogP contribution in [-0.4, -0.2) is 11.5 Å². The molecule has 0 saturated heterocycles. The van der Waals surface area contributed by atoms with Crippen molar-refractivity contribution in [2.24, 2.45) is 11.5 Å². The van der Waals surface area contributed by atoms with E-state index in [0.717, 1.165) is 0 Å². The highest BCUT2D eigenvalue weighted by Crippen LogP contribution is 2.16. The first-order valence-electron chi connectivity index (χ1n) is 3.80. The predicted octanol–water partition coefficient (Wildman–Crippen LogP) is 0.0335. The summed E-state index contributed by atoms with van der Waals surface area (Å²) in [7, 11) is 0. The lowest BCUT2D eigenvalue weighted by Gasteiger charge is -2.18. The van der Waals surface area contributed by atoms with E-state index >= 15 is 0 Å². The molecule has 0 fully saturated rings. The molecule has 70 valence electrons. The van der Waals surface area contributed by atoms with Crippen molar-refractivity contribution in [3.05, 3.63) is 46.0 Å². The molecule has 0 aromatic heterocycles. The summed E-state index contributed by atoms with van der Waals surface area (Å²) in [5.41, 5.74) is 9.56. The van der Waals surface area contributed by atoms with Gasteiger partial charge >= 0.3 is 5.66 Å². The van der Waals surface area contributed by atoms with Gasteiger partial charge in [0.05, 0.1) is 6.54 Å². The molecule has 5 nitrogen and oxygen atoms in total. The molecule has 1 aromatic rings. The van der Waals surface area contributed by atoms with Gasteiger partial charge in [-0.15, -0.1) is 0 Å². The Hall–Kier alpha value is -1.46. The third-order valence-electron chi connectivity index (χ3n) is 1.91. The van der Waals surface area contributed by atoms with E-state index in [0.29, 0.717) is 5.56 Å². The van der Waals surface area contributed by atoms with Crippen molar-refractivity contribution in [3.8, 4) is 0 Å². The average molecular weight is 181 g/mol. The molecule has 0 heterocycles. The van der Waals surface area contributed by atoms with E-state index in [1.165, 1.54) is 0 Å². The first-order chi connectivity index (χ1) is 6.11. The van der Waals surface area contributed by atoms with Gasteiger partial charge in [-0.25, -0.2) is 0 Å². The highest BCUT2D eigenvalue weighted by atomic mass is 16.6. The number of hydrogen-bond acceptors (Lipinski definition) is 4. The van der Waals surface area contributed by atoms with E-state index in [1.807, 2.05) is 0 Å². The van der Waals surface area contributed by atoms with Crippen molar-refractivity contribution in [1.82, 2.24) is 0 Å². The van der Waals surface area contributed by atoms with Crippen molar-refractivity contribution in [3.63, 3.8) is 0 Å². The predicted molar refractivity (Wildman–Crippen MR) is 48.4 cm³/mol. The van der Waals surface area contributed by atoms with E-state index in [1.54, 1.807) is 30.3 Å². The average Bonchev–Trinajstić information content (AvgIpc) is 2.17. The van der Waals surface area contributed by atoms with Crippen LogP contribution in [0.2, 0.25) is 0 Å². The second kappa shape index (κ2) is 3.51. The van der Waals surface area contributed by atoms with Crippen LogP contribution in [0.3, 0.4) is 0 Å². The zero-order valence-corrected chi connectivity index (χ0v) is 7.01. The Balaban J connectivity index is 3.11. The van der Waals surface area contributed by atoms with Gasteiger partial charge in [-0.1, -0.05) is 30.3 Å². The Kier molecular flexibility index (Phi) is 2.60. The van der Waals surface area contributed by atoms with Gasteiger partial charge in [0, 0.05) is 10.5 Å².